The monoisotopic (exact) mass is 426 g/mol. The molecule has 0 saturated heterocycles. The number of hydrogen-bond donors (Lipinski definition) is 3. The minimum absolute atomic E-state index is 0.111. The SMILES string of the molecule is Cc1ccc(S(=O)(=O)N(C)C)cc1NC(=S)NNC(=O)c1ccc(Cl)cc1. The summed E-state index contributed by atoms with van der Waals surface area (Å²) in [6, 6.07) is 11.0. The molecule has 0 saturated carbocycles. The molecule has 2 aromatic rings. The lowest BCUT2D eigenvalue weighted by atomic mass is 10.2. The van der Waals surface area contributed by atoms with E-state index in [2.05, 4.69) is 16.2 Å². The van der Waals surface area contributed by atoms with Crippen molar-refractivity contribution in [3.05, 3.63) is 58.6 Å². The average Bonchev–Trinajstić information content (AvgIpc) is 2.61. The number of aryl methyl sites for hydroxylation is 1. The van der Waals surface area contributed by atoms with Gasteiger partial charge in [-0.25, -0.2) is 12.7 Å². The maximum Gasteiger partial charge on any atom is 0.269 e. The first-order chi connectivity index (χ1) is 12.6. The van der Waals surface area contributed by atoms with Crippen molar-refractivity contribution < 1.29 is 13.2 Å². The number of halogens is 1. The van der Waals surface area contributed by atoms with Gasteiger partial charge in [-0.2, -0.15) is 0 Å². The lowest BCUT2D eigenvalue weighted by Gasteiger charge is -2.16. The van der Waals surface area contributed by atoms with Crippen LogP contribution in [0.2, 0.25) is 5.02 Å². The molecule has 0 heterocycles. The highest BCUT2D eigenvalue weighted by molar-refractivity contribution is 7.89. The van der Waals surface area contributed by atoms with Gasteiger partial charge in [-0.05, 0) is 61.1 Å². The second kappa shape index (κ2) is 8.66. The summed E-state index contributed by atoms with van der Waals surface area (Å²) in [6.45, 7) is 1.81. The molecular formula is C17H19ClN4O3S2. The highest BCUT2D eigenvalue weighted by atomic mass is 35.5. The van der Waals surface area contributed by atoms with Gasteiger partial charge >= 0.3 is 0 Å². The van der Waals surface area contributed by atoms with Crippen molar-refractivity contribution in [2.45, 2.75) is 11.8 Å². The minimum Gasteiger partial charge on any atom is -0.331 e. The van der Waals surface area contributed by atoms with Crippen LogP contribution in [0.15, 0.2) is 47.4 Å². The van der Waals surface area contributed by atoms with Crippen molar-refractivity contribution in [1.29, 1.82) is 0 Å². The first kappa shape index (κ1) is 21.1. The Balaban J connectivity index is 2.05. The van der Waals surface area contributed by atoms with Crippen molar-refractivity contribution in [1.82, 2.24) is 15.2 Å². The number of nitrogens with zero attached hydrogens (tertiary/aromatic N) is 1. The van der Waals surface area contributed by atoms with Crippen LogP contribution in [0.3, 0.4) is 0 Å². The summed E-state index contributed by atoms with van der Waals surface area (Å²) in [7, 11) is -0.650. The van der Waals surface area contributed by atoms with E-state index in [0.717, 1.165) is 9.87 Å². The van der Waals surface area contributed by atoms with E-state index in [4.69, 9.17) is 23.8 Å². The number of amides is 1. The Morgan fingerprint density at radius 2 is 1.70 bits per heavy atom. The molecule has 0 aliphatic carbocycles. The number of carbonyl (C=O) groups excluding carboxylic acids is 1. The molecule has 0 unspecified atom stereocenters. The van der Waals surface area contributed by atoms with E-state index in [-0.39, 0.29) is 10.0 Å². The van der Waals surface area contributed by atoms with Gasteiger partial charge < -0.3 is 5.32 Å². The van der Waals surface area contributed by atoms with Crippen LogP contribution in [0, 0.1) is 6.92 Å². The molecule has 0 aliphatic rings. The Labute approximate surface area is 168 Å². The zero-order valence-electron chi connectivity index (χ0n) is 14.9. The maximum atomic E-state index is 12.3. The fourth-order valence-corrected chi connectivity index (χ4v) is 3.26. The maximum absolute atomic E-state index is 12.3. The largest absolute Gasteiger partial charge is 0.331 e. The lowest BCUT2D eigenvalue weighted by molar-refractivity contribution is 0.0944. The Kier molecular flexibility index (Phi) is 6.77. The average molecular weight is 427 g/mol. The number of sulfonamides is 1. The molecule has 0 fully saturated rings. The van der Waals surface area contributed by atoms with Gasteiger partial charge in [0.25, 0.3) is 5.91 Å². The topological polar surface area (TPSA) is 90.5 Å². The molecule has 27 heavy (non-hydrogen) atoms. The van der Waals surface area contributed by atoms with E-state index in [9.17, 15) is 13.2 Å². The van der Waals surface area contributed by atoms with Crippen LogP contribution in [-0.2, 0) is 10.0 Å². The molecule has 2 aromatic carbocycles. The molecule has 0 aliphatic heterocycles. The molecule has 2 rings (SSSR count). The summed E-state index contributed by atoms with van der Waals surface area (Å²) < 4.78 is 25.7. The summed E-state index contributed by atoms with van der Waals surface area (Å²) in [5, 5.41) is 3.52. The van der Waals surface area contributed by atoms with Crippen LogP contribution in [0.25, 0.3) is 0 Å². The molecule has 144 valence electrons. The Bertz CT molecular complexity index is 961. The molecule has 1 amide bonds. The highest BCUT2D eigenvalue weighted by Gasteiger charge is 2.18. The van der Waals surface area contributed by atoms with E-state index in [1.165, 1.54) is 26.2 Å². The zero-order valence-corrected chi connectivity index (χ0v) is 17.3. The number of hydrazine groups is 1. The van der Waals surface area contributed by atoms with Crippen LogP contribution in [0.5, 0.6) is 0 Å². The van der Waals surface area contributed by atoms with Crippen LogP contribution in [-0.4, -0.2) is 37.8 Å². The third-order valence-electron chi connectivity index (χ3n) is 3.63. The Morgan fingerprint density at radius 1 is 1.07 bits per heavy atom. The molecule has 0 radical (unpaired) electrons. The Hall–Kier alpha value is -2.20. The van der Waals surface area contributed by atoms with Gasteiger partial charge in [0.1, 0.15) is 0 Å². The number of nitrogens with one attached hydrogen (secondary N) is 3. The van der Waals surface area contributed by atoms with Crippen LogP contribution in [0.1, 0.15) is 15.9 Å². The van der Waals surface area contributed by atoms with Crippen molar-refractivity contribution in [3.8, 4) is 0 Å². The first-order valence-corrected chi connectivity index (χ1v) is 10.00. The van der Waals surface area contributed by atoms with E-state index < -0.39 is 15.9 Å². The molecule has 0 atom stereocenters. The predicted octanol–water partition coefficient (Wildman–Crippen LogP) is 2.53. The molecule has 0 aromatic heterocycles. The second-order valence-corrected chi connectivity index (χ2v) is 8.80. The van der Waals surface area contributed by atoms with Crippen molar-refractivity contribution >= 4 is 50.5 Å². The van der Waals surface area contributed by atoms with Gasteiger partial charge in [-0.1, -0.05) is 17.7 Å². The quantitative estimate of drug-likeness (QED) is 0.514. The standard InChI is InChI=1S/C17H19ClN4O3S2/c1-11-4-9-14(27(24,25)22(2)3)10-15(11)19-17(26)21-20-16(23)12-5-7-13(18)8-6-12/h4-10H,1-3H3,(H,20,23)(H2,19,21,26). The van der Waals surface area contributed by atoms with Crippen molar-refractivity contribution in [2.24, 2.45) is 0 Å². The van der Waals surface area contributed by atoms with Crippen LogP contribution in [0.4, 0.5) is 5.69 Å². The van der Waals surface area contributed by atoms with Crippen molar-refractivity contribution in [2.75, 3.05) is 19.4 Å². The lowest BCUT2D eigenvalue weighted by Crippen LogP contribution is -2.43. The molecule has 3 N–H and O–H groups in total. The molecule has 0 spiro atoms. The minimum atomic E-state index is -3.57. The van der Waals surface area contributed by atoms with Crippen molar-refractivity contribution in [3.63, 3.8) is 0 Å². The second-order valence-electron chi connectivity index (χ2n) is 5.80. The highest BCUT2D eigenvalue weighted by Crippen LogP contribution is 2.21. The fraction of sp³-hybridized carbons (Fsp3) is 0.176. The molecule has 10 heteroatoms. The summed E-state index contributed by atoms with van der Waals surface area (Å²) in [5.41, 5.74) is 6.75. The summed E-state index contributed by atoms with van der Waals surface area (Å²) in [6.07, 6.45) is 0. The van der Waals surface area contributed by atoms with Gasteiger partial charge in [0.15, 0.2) is 5.11 Å². The van der Waals surface area contributed by atoms with E-state index in [0.29, 0.717) is 16.3 Å². The van der Waals surface area contributed by atoms with Gasteiger partial charge in [-0.3, -0.25) is 15.6 Å². The number of thiocarbonyl (C=S) groups is 1. The predicted molar refractivity (Wildman–Crippen MR) is 110 cm³/mol. The van der Waals surface area contributed by atoms with Gasteiger partial charge in [-0.15, -0.1) is 0 Å². The summed E-state index contributed by atoms with van der Waals surface area (Å²) in [5.74, 6) is -0.392. The number of hydrogen-bond acceptors (Lipinski definition) is 4. The zero-order chi connectivity index (χ0) is 20.2. The van der Waals surface area contributed by atoms with E-state index in [1.54, 1.807) is 30.3 Å². The molecule has 7 nitrogen and oxygen atoms in total. The summed E-state index contributed by atoms with van der Waals surface area (Å²) in [4.78, 5) is 12.2. The Morgan fingerprint density at radius 3 is 2.30 bits per heavy atom. The number of anilines is 1. The first-order valence-electron chi connectivity index (χ1n) is 7.77. The van der Waals surface area contributed by atoms with Crippen LogP contribution >= 0.6 is 23.8 Å². The van der Waals surface area contributed by atoms with Gasteiger partial charge in [0, 0.05) is 30.4 Å². The third kappa shape index (κ3) is 5.39. The number of carbonyl (C=O) groups is 1. The summed E-state index contributed by atoms with van der Waals surface area (Å²) >= 11 is 10.9. The number of rotatable bonds is 4. The van der Waals surface area contributed by atoms with Gasteiger partial charge in [0.2, 0.25) is 10.0 Å². The molecular weight excluding hydrogens is 408 g/mol. The third-order valence-corrected chi connectivity index (χ3v) is 5.90. The molecule has 0 bridgehead atoms. The fourth-order valence-electron chi connectivity index (χ4n) is 2.05. The van der Waals surface area contributed by atoms with Crippen LogP contribution < -0.4 is 16.2 Å². The van der Waals surface area contributed by atoms with E-state index in [1.807, 2.05) is 6.92 Å². The van der Waals surface area contributed by atoms with E-state index >= 15 is 0 Å². The number of benzene rings is 2. The smallest absolute Gasteiger partial charge is 0.269 e. The van der Waals surface area contributed by atoms with Gasteiger partial charge in [0.05, 0.1) is 4.90 Å². The normalized spacial score (nSPS) is 11.1.